The van der Waals surface area contributed by atoms with E-state index in [-0.39, 0.29) is 0 Å². The van der Waals surface area contributed by atoms with E-state index in [1.807, 2.05) is 6.07 Å². The predicted molar refractivity (Wildman–Crippen MR) is 92.1 cm³/mol. The van der Waals surface area contributed by atoms with Gasteiger partial charge in [-0.05, 0) is 41.9 Å². The average Bonchev–Trinajstić information content (AvgIpc) is 2.76. The topological polar surface area (TPSA) is 20.3 Å². The van der Waals surface area contributed by atoms with Crippen LogP contribution < -0.4 is 0 Å². The molecule has 0 N–H and O–H groups in total. The van der Waals surface area contributed by atoms with Gasteiger partial charge in [-0.25, -0.2) is 0 Å². The van der Waals surface area contributed by atoms with Crippen molar-refractivity contribution in [2.75, 3.05) is 6.54 Å². The van der Waals surface area contributed by atoms with Crippen molar-refractivity contribution in [2.45, 2.75) is 38.1 Å². The van der Waals surface area contributed by atoms with Crippen LogP contribution in [0, 0.1) is 5.92 Å². The number of hydrogen-bond donors (Lipinski definition) is 0. The molecule has 1 aliphatic heterocycles. The van der Waals surface area contributed by atoms with Crippen molar-refractivity contribution in [1.29, 1.82) is 0 Å². The molecule has 4 rings (SSSR count). The predicted octanol–water partition coefficient (Wildman–Crippen LogP) is 4.16. The minimum Gasteiger partial charge on any atom is -0.338 e. The zero-order valence-electron chi connectivity index (χ0n) is 13.4. The third kappa shape index (κ3) is 2.90. The normalized spacial score (nSPS) is 23.8. The van der Waals surface area contributed by atoms with Gasteiger partial charge in [-0.15, -0.1) is 0 Å². The van der Waals surface area contributed by atoms with Crippen molar-refractivity contribution in [3.63, 3.8) is 0 Å². The van der Waals surface area contributed by atoms with Gasteiger partial charge in [-0.3, -0.25) is 4.79 Å². The van der Waals surface area contributed by atoms with Gasteiger partial charge in [0.05, 0.1) is 0 Å². The van der Waals surface area contributed by atoms with Gasteiger partial charge in [0.15, 0.2) is 0 Å². The Balaban J connectivity index is 1.62. The molecule has 2 atom stereocenters. The Morgan fingerprint density at radius 1 is 0.913 bits per heavy atom. The lowest BCUT2D eigenvalue weighted by Gasteiger charge is -2.34. The zero-order chi connectivity index (χ0) is 15.6. The molecule has 0 saturated carbocycles. The fraction of sp³-hybridized carbons (Fsp3) is 0.381. The second-order valence-corrected chi connectivity index (χ2v) is 6.90. The molecule has 2 heteroatoms. The molecule has 0 bridgehead atoms. The van der Waals surface area contributed by atoms with E-state index >= 15 is 0 Å². The second kappa shape index (κ2) is 6.19. The van der Waals surface area contributed by atoms with E-state index in [4.69, 9.17) is 0 Å². The van der Waals surface area contributed by atoms with Gasteiger partial charge in [0, 0.05) is 25.4 Å². The van der Waals surface area contributed by atoms with Crippen LogP contribution in [0.1, 0.15) is 41.9 Å². The summed E-state index contributed by atoms with van der Waals surface area (Å²) in [7, 11) is 0. The van der Waals surface area contributed by atoms with E-state index in [1.54, 1.807) is 0 Å². The Bertz CT molecular complexity index is 694. The molecule has 2 nitrogen and oxygen atoms in total. The molecule has 1 fully saturated rings. The summed E-state index contributed by atoms with van der Waals surface area (Å²) in [5.41, 5.74) is 4.20. The van der Waals surface area contributed by atoms with Gasteiger partial charge in [0.1, 0.15) is 0 Å². The minimum atomic E-state index is 0.320. The largest absolute Gasteiger partial charge is 0.338 e. The van der Waals surface area contributed by atoms with Crippen LogP contribution in [0.3, 0.4) is 0 Å². The van der Waals surface area contributed by atoms with Crippen molar-refractivity contribution in [3.05, 3.63) is 71.3 Å². The molecule has 1 amide bonds. The first-order chi connectivity index (χ1) is 11.3. The standard InChI is InChI=1S/C21H23NO/c23-21-13-12-18-11-10-17-8-4-5-9-19(17)20(18)15-22(21)14-16-6-2-1-3-7-16/h1-9,18,20H,10-15H2/t18-,20+/m0/s1. The summed E-state index contributed by atoms with van der Waals surface area (Å²) >= 11 is 0. The van der Waals surface area contributed by atoms with Crippen LogP contribution in [0.15, 0.2) is 54.6 Å². The molecule has 2 aliphatic rings. The maximum Gasteiger partial charge on any atom is 0.222 e. The Morgan fingerprint density at radius 2 is 1.65 bits per heavy atom. The number of carbonyl (C=O) groups excluding carboxylic acids is 1. The summed E-state index contributed by atoms with van der Waals surface area (Å²) < 4.78 is 0. The fourth-order valence-corrected chi connectivity index (χ4v) is 4.28. The molecular formula is C21H23NO. The summed E-state index contributed by atoms with van der Waals surface area (Å²) in [6, 6.07) is 19.2. The zero-order valence-corrected chi connectivity index (χ0v) is 13.4. The van der Waals surface area contributed by atoms with Crippen LogP contribution in [0.2, 0.25) is 0 Å². The van der Waals surface area contributed by atoms with Crippen LogP contribution in [0.25, 0.3) is 0 Å². The number of hydrogen-bond acceptors (Lipinski definition) is 1. The monoisotopic (exact) mass is 305 g/mol. The van der Waals surface area contributed by atoms with Crippen molar-refractivity contribution in [3.8, 4) is 0 Å². The number of nitrogens with zero attached hydrogens (tertiary/aromatic N) is 1. The smallest absolute Gasteiger partial charge is 0.222 e. The third-order valence-electron chi connectivity index (χ3n) is 5.52. The lowest BCUT2D eigenvalue weighted by Crippen LogP contribution is -2.34. The van der Waals surface area contributed by atoms with Crippen molar-refractivity contribution in [1.82, 2.24) is 4.90 Å². The SMILES string of the molecule is O=C1CC[C@@H]2CCc3ccccc3[C@@H]2CN1Cc1ccccc1. The molecule has 0 unspecified atom stereocenters. The molecule has 1 heterocycles. The number of rotatable bonds is 2. The third-order valence-corrected chi connectivity index (χ3v) is 5.52. The van der Waals surface area contributed by atoms with Crippen molar-refractivity contribution >= 4 is 5.91 Å². The van der Waals surface area contributed by atoms with E-state index < -0.39 is 0 Å². The van der Waals surface area contributed by atoms with E-state index in [0.29, 0.717) is 24.2 Å². The van der Waals surface area contributed by atoms with E-state index in [0.717, 1.165) is 19.5 Å². The van der Waals surface area contributed by atoms with Gasteiger partial charge in [-0.1, -0.05) is 54.6 Å². The molecule has 118 valence electrons. The van der Waals surface area contributed by atoms with E-state index in [2.05, 4.69) is 53.4 Å². The summed E-state index contributed by atoms with van der Waals surface area (Å²) in [4.78, 5) is 14.7. The van der Waals surface area contributed by atoms with E-state index in [9.17, 15) is 4.79 Å². The molecular weight excluding hydrogens is 282 g/mol. The van der Waals surface area contributed by atoms with Crippen molar-refractivity contribution < 1.29 is 4.79 Å². The molecule has 0 aromatic heterocycles. The molecule has 2 aromatic carbocycles. The van der Waals surface area contributed by atoms with Gasteiger partial charge in [0.2, 0.25) is 5.91 Å². The Morgan fingerprint density at radius 3 is 2.52 bits per heavy atom. The van der Waals surface area contributed by atoms with Gasteiger partial charge in [-0.2, -0.15) is 0 Å². The highest BCUT2D eigenvalue weighted by Crippen LogP contribution is 2.41. The Kier molecular flexibility index (Phi) is 3.90. The van der Waals surface area contributed by atoms with Gasteiger partial charge < -0.3 is 4.90 Å². The van der Waals surface area contributed by atoms with Gasteiger partial charge >= 0.3 is 0 Å². The van der Waals surface area contributed by atoms with Crippen LogP contribution in [0.4, 0.5) is 0 Å². The molecule has 2 aromatic rings. The van der Waals surface area contributed by atoms with Crippen LogP contribution in [-0.2, 0) is 17.8 Å². The summed E-state index contributed by atoms with van der Waals surface area (Å²) in [6.07, 6.45) is 4.15. The van der Waals surface area contributed by atoms with Crippen LogP contribution in [-0.4, -0.2) is 17.4 Å². The molecule has 0 radical (unpaired) electrons. The lowest BCUT2D eigenvalue weighted by molar-refractivity contribution is -0.131. The first-order valence-corrected chi connectivity index (χ1v) is 8.71. The Labute approximate surface area is 138 Å². The van der Waals surface area contributed by atoms with Gasteiger partial charge in [0.25, 0.3) is 0 Å². The minimum absolute atomic E-state index is 0.320. The summed E-state index contributed by atoms with van der Waals surface area (Å²) in [6.45, 7) is 1.61. The van der Waals surface area contributed by atoms with E-state index in [1.165, 1.54) is 29.5 Å². The average molecular weight is 305 g/mol. The molecule has 1 aliphatic carbocycles. The van der Waals surface area contributed by atoms with Crippen LogP contribution >= 0.6 is 0 Å². The lowest BCUT2D eigenvalue weighted by atomic mass is 9.74. The summed E-state index contributed by atoms with van der Waals surface area (Å²) in [5.74, 6) is 1.49. The Hall–Kier alpha value is -2.09. The molecule has 1 saturated heterocycles. The second-order valence-electron chi connectivity index (χ2n) is 6.90. The number of amides is 1. The number of aryl methyl sites for hydroxylation is 1. The maximum atomic E-state index is 12.6. The highest BCUT2D eigenvalue weighted by Gasteiger charge is 2.34. The maximum absolute atomic E-state index is 12.6. The number of benzene rings is 2. The first kappa shape index (κ1) is 14.5. The molecule has 23 heavy (non-hydrogen) atoms. The highest BCUT2D eigenvalue weighted by atomic mass is 16.2. The highest BCUT2D eigenvalue weighted by molar-refractivity contribution is 5.76. The first-order valence-electron chi connectivity index (χ1n) is 8.71. The van der Waals surface area contributed by atoms with Crippen LogP contribution in [0.5, 0.6) is 0 Å². The fourth-order valence-electron chi connectivity index (χ4n) is 4.28. The number of fused-ring (bicyclic) bond motifs is 3. The van der Waals surface area contributed by atoms with Crippen molar-refractivity contribution in [2.24, 2.45) is 5.92 Å². The summed E-state index contributed by atoms with van der Waals surface area (Å²) in [5, 5.41) is 0. The molecule has 0 spiro atoms. The number of likely N-dealkylation sites (tertiary alicyclic amines) is 1. The number of carbonyl (C=O) groups is 1. The quantitative estimate of drug-likeness (QED) is 0.816.